The molecule has 3 N–H and O–H groups in total. The Balaban J connectivity index is 1.35. The van der Waals surface area contributed by atoms with Crippen LogP contribution in [0, 0.1) is 0 Å². The van der Waals surface area contributed by atoms with Crippen molar-refractivity contribution in [3.8, 4) is 11.1 Å². The number of carbonyl (C=O) groups is 1. The Morgan fingerprint density at radius 3 is 2.41 bits per heavy atom. The zero-order chi connectivity index (χ0) is 21.9. The van der Waals surface area contributed by atoms with Crippen molar-refractivity contribution < 1.29 is 9.90 Å². The molecule has 0 radical (unpaired) electrons. The zero-order valence-electron chi connectivity index (χ0n) is 17.8. The highest BCUT2D eigenvalue weighted by atomic mass is 32.2. The van der Waals surface area contributed by atoms with Gasteiger partial charge in [0.2, 0.25) is 0 Å². The van der Waals surface area contributed by atoms with E-state index in [1.54, 1.807) is 11.9 Å². The van der Waals surface area contributed by atoms with Gasteiger partial charge in [-0.25, -0.2) is 0 Å². The van der Waals surface area contributed by atoms with Crippen molar-refractivity contribution in [2.45, 2.75) is 42.7 Å². The van der Waals surface area contributed by atoms with Crippen LogP contribution in [0.1, 0.15) is 36.0 Å². The molecule has 1 aliphatic carbocycles. The van der Waals surface area contributed by atoms with E-state index < -0.39 is 0 Å². The smallest absolute Gasteiger partial charge is 0.251 e. The molecule has 4 aromatic rings. The lowest BCUT2D eigenvalue weighted by molar-refractivity contribution is 0.0717. The SMILES string of the molecule is O=C(NC1CCCCC1[OH2+])c1ccc(Sn2cc(-c3ccccc3)c3ccccc32)cc1. The summed E-state index contributed by atoms with van der Waals surface area (Å²) in [6.07, 6.45) is 5.94. The number of amides is 1. The van der Waals surface area contributed by atoms with Crippen LogP contribution >= 0.6 is 11.9 Å². The number of carbonyl (C=O) groups excluding carboxylic acids is 1. The third-order valence-corrected chi connectivity index (χ3v) is 7.15. The fourth-order valence-corrected chi connectivity index (χ4v) is 5.31. The molecule has 2 unspecified atom stereocenters. The van der Waals surface area contributed by atoms with E-state index in [2.05, 4.69) is 64.0 Å². The highest BCUT2D eigenvalue weighted by Gasteiger charge is 2.28. The Labute approximate surface area is 192 Å². The summed E-state index contributed by atoms with van der Waals surface area (Å²) >= 11 is 1.64. The lowest BCUT2D eigenvalue weighted by Gasteiger charge is -2.25. The minimum atomic E-state index is -0.191. The summed E-state index contributed by atoms with van der Waals surface area (Å²) < 4.78 is 2.19. The van der Waals surface area contributed by atoms with E-state index in [0.29, 0.717) is 5.56 Å². The van der Waals surface area contributed by atoms with E-state index in [9.17, 15) is 4.79 Å². The molecule has 1 amide bonds. The minimum absolute atomic E-state index is 0.0343. The molecule has 32 heavy (non-hydrogen) atoms. The molecule has 0 aliphatic heterocycles. The molecule has 0 spiro atoms. The summed E-state index contributed by atoms with van der Waals surface area (Å²) in [5.74, 6) is -0.0801. The van der Waals surface area contributed by atoms with Gasteiger partial charge >= 0.3 is 0 Å². The number of rotatable bonds is 5. The van der Waals surface area contributed by atoms with Crippen LogP contribution in [0.3, 0.4) is 0 Å². The predicted molar refractivity (Wildman–Crippen MR) is 132 cm³/mol. The maximum atomic E-state index is 12.7. The molecule has 1 fully saturated rings. The standard InChI is InChI=1S/C27H26N2O2S/c30-26-13-7-5-11-24(26)28-27(31)20-14-16-21(17-15-20)32-29-18-23(19-8-2-1-3-9-19)22-10-4-6-12-25(22)29/h1-4,6,8-10,12,14-18,24,26,30H,5,7,11,13H2,(H,28,31)/p+1. The fourth-order valence-electron chi connectivity index (χ4n) is 4.41. The van der Waals surface area contributed by atoms with Gasteiger partial charge in [0.25, 0.3) is 5.91 Å². The first kappa shape index (κ1) is 20.9. The number of nitrogens with zero attached hydrogens (tertiary/aromatic N) is 1. The molecule has 162 valence electrons. The molecule has 4 nitrogen and oxygen atoms in total. The Morgan fingerprint density at radius 2 is 1.62 bits per heavy atom. The van der Waals surface area contributed by atoms with Crippen LogP contribution in [0.4, 0.5) is 0 Å². The molecule has 1 aromatic heterocycles. The second-order valence-electron chi connectivity index (χ2n) is 8.34. The third kappa shape index (κ3) is 4.31. The van der Waals surface area contributed by atoms with Crippen LogP contribution in [-0.2, 0) is 0 Å². The van der Waals surface area contributed by atoms with E-state index in [1.165, 1.54) is 16.5 Å². The van der Waals surface area contributed by atoms with Gasteiger partial charge in [-0.05, 0) is 60.7 Å². The van der Waals surface area contributed by atoms with Crippen LogP contribution in [0.2, 0.25) is 0 Å². The predicted octanol–water partition coefficient (Wildman–Crippen LogP) is 5.63. The van der Waals surface area contributed by atoms with Crippen LogP contribution in [0.15, 0.2) is 90.0 Å². The molecule has 2 atom stereocenters. The average Bonchev–Trinajstić information content (AvgIpc) is 3.20. The fraction of sp³-hybridized carbons (Fsp3) is 0.222. The molecule has 5 rings (SSSR count). The first-order chi connectivity index (χ1) is 15.7. The quantitative estimate of drug-likeness (QED) is 0.407. The number of fused-ring (bicyclic) bond motifs is 1. The van der Waals surface area contributed by atoms with Crippen molar-refractivity contribution in [2.24, 2.45) is 0 Å². The van der Waals surface area contributed by atoms with Crippen LogP contribution in [0.25, 0.3) is 22.0 Å². The van der Waals surface area contributed by atoms with Gasteiger partial charge in [0.15, 0.2) is 6.10 Å². The molecule has 3 aromatic carbocycles. The maximum absolute atomic E-state index is 12.7. The Hall–Kier alpha value is -3.02. The van der Waals surface area contributed by atoms with Gasteiger partial charge in [-0.2, -0.15) is 0 Å². The van der Waals surface area contributed by atoms with Crippen molar-refractivity contribution in [3.05, 3.63) is 90.6 Å². The average molecular weight is 444 g/mol. The topological polar surface area (TPSA) is 56.9 Å². The number of para-hydroxylation sites is 1. The zero-order valence-corrected chi connectivity index (χ0v) is 18.6. The summed E-state index contributed by atoms with van der Waals surface area (Å²) in [5, 5.41) is 12.4. The highest BCUT2D eigenvalue weighted by molar-refractivity contribution is 7.98. The molecular formula is C27H27N2O2S+. The summed E-state index contributed by atoms with van der Waals surface area (Å²) in [4.78, 5) is 13.7. The van der Waals surface area contributed by atoms with Gasteiger partial charge in [0.1, 0.15) is 6.04 Å². The van der Waals surface area contributed by atoms with Crippen molar-refractivity contribution in [1.29, 1.82) is 0 Å². The second-order valence-corrected chi connectivity index (χ2v) is 9.39. The summed E-state index contributed by atoms with van der Waals surface area (Å²) in [7, 11) is 0. The van der Waals surface area contributed by atoms with Gasteiger partial charge in [0.05, 0.1) is 5.52 Å². The Kier molecular flexibility index (Phi) is 6.02. The van der Waals surface area contributed by atoms with Crippen molar-refractivity contribution in [3.63, 3.8) is 0 Å². The lowest BCUT2D eigenvalue weighted by Crippen LogP contribution is -2.45. The highest BCUT2D eigenvalue weighted by Crippen LogP contribution is 2.35. The number of nitrogens with one attached hydrogen (secondary N) is 1. The van der Waals surface area contributed by atoms with Crippen molar-refractivity contribution >= 4 is 28.8 Å². The lowest BCUT2D eigenvalue weighted by atomic mass is 9.92. The second kappa shape index (κ2) is 9.23. The molecular weight excluding hydrogens is 416 g/mol. The first-order valence-electron chi connectivity index (χ1n) is 11.1. The monoisotopic (exact) mass is 443 g/mol. The Morgan fingerprint density at radius 1 is 0.906 bits per heavy atom. The minimum Gasteiger partial charge on any atom is -0.442 e. The maximum Gasteiger partial charge on any atom is 0.251 e. The number of hydrogen-bond acceptors (Lipinski definition) is 2. The van der Waals surface area contributed by atoms with E-state index in [4.69, 9.17) is 5.11 Å². The van der Waals surface area contributed by atoms with Crippen LogP contribution in [0.5, 0.6) is 0 Å². The van der Waals surface area contributed by atoms with Gasteiger partial charge < -0.3 is 10.4 Å². The number of hydrogen-bond donors (Lipinski definition) is 1. The molecule has 5 heteroatoms. The van der Waals surface area contributed by atoms with Gasteiger partial charge in [0, 0.05) is 34.0 Å². The Bertz CT molecular complexity index is 1220. The molecule has 1 heterocycles. The van der Waals surface area contributed by atoms with E-state index in [0.717, 1.165) is 36.1 Å². The summed E-state index contributed by atoms with van der Waals surface area (Å²) in [6.45, 7) is 0. The summed E-state index contributed by atoms with van der Waals surface area (Å²) in [6, 6.07) is 26.6. The normalized spacial score (nSPS) is 18.5. The largest absolute Gasteiger partial charge is 0.442 e. The van der Waals surface area contributed by atoms with E-state index in [1.807, 2.05) is 30.3 Å². The number of benzene rings is 3. The number of aromatic nitrogens is 1. The van der Waals surface area contributed by atoms with Crippen molar-refractivity contribution in [1.82, 2.24) is 9.29 Å². The van der Waals surface area contributed by atoms with E-state index >= 15 is 0 Å². The molecule has 1 aliphatic rings. The third-order valence-electron chi connectivity index (χ3n) is 6.17. The summed E-state index contributed by atoms with van der Waals surface area (Å²) in [5.41, 5.74) is 4.22. The van der Waals surface area contributed by atoms with Gasteiger partial charge in [-0.15, -0.1) is 0 Å². The molecule has 1 saturated carbocycles. The van der Waals surface area contributed by atoms with Crippen molar-refractivity contribution in [2.75, 3.05) is 0 Å². The van der Waals surface area contributed by atoms with Crippen LogP contribution in [-0.4, -0.2) is 27.1 Å². The molecule has 0 bridgehead atoms. The van der Waals surface area contributed by atoms with Crippen LogP contribution < -0.4 is 5.32 Å². The van der Waals surface area contributed by atoms with E-state index in [-0.39, 0.29) is 18.1 Å². The van der Waals surface area contributed by atoms with Gasteiger partial charge in [-0.1, -0.05) is 55.0 Å². The first-order valence-corrected chi connectivity index (χ1v) is 11.9. The van der Waals surface area contributed by atoms with Gasteiger partial charge in [-0.3, -0.25) is 8.77 Å². The molecule has 0 saturated heterocycles.